The van der Waals surface area contributed by atoms with Crippen molar-refractivity contribution in [3.05, 3.63) is 132 Å². The summed E-state index contributed by atoms with van der Waals surface area (Å²) in [4.78, 5) is 9.26. The van der Waals surface area contributed by atoms with E-state index in [1.165, 1.54) is 0 Å². The second-order valence-corrected chi connectivity index (χ2v) is 5.91. The van der Waals surface area contributed by atoms with Gasteiger partial charge >= 0.3 is 0 Å². The maximum absolute atomic E-state index is 4.63. The molecule has 26 heavy (non-hydrogen) atoms. The van der Waals surface area contributed by atoms with Crippen LogP contribution >= 0.6 is 0 Å². The van der Waals surface area contributed by atoms with Gasteiger partial charge in [0.15, 0.2) is 0 Å². The number of pyridine rings is 2. The van der Waals surface area contributed by atoms with Crippen molar-refractivity contribution in [2.24, 2.45) is 0 Å². The zero-order valence-electron chi connectivity index (χ0n) is 14.3. The predicted octanol–water partition coefficient (Wildman–Crippen LogP) is 5.48. The molecule has 4 rings (SSSR count). The van der Waals surface area contributed by atoms with Crippen molar-refractivity contribution in [2.75, 3.05) is 0 Å². The quantitative estimate of drug-likeness (QED) is 0.493. The molecule has 2 aromatic heterocycles. The Kier molecular flexibility index (Phi) is 4.66. The highest BCUT2D eigenvalue weighted by Crippen LogP contribution is 2.34. The van der Waals surface area contributed by atoms with Crippen molar-refractivity contribution in [1.29, 1.82) is 0 Å². The molecule has 0 amide bonds. The third-order valence-electron chi connectivity index (χ3n) is 4.22. The average molecular weight is 334 g/mol. The van der Waals surface area contributed by atoms with Crippen LogP contribution in [0.15, 0.2) is 109 Å². The van der Waals surface area contributed by atoms with Gasteiger partial charge in [0.05, 0.1) is 11.4 Å². The van der Waals surface area contributed by atoms with Gasteiger partial charge in [-0.1, -0.05) is 72.8 Å². The largest absolute Gasteiger partial charge is 0.256 e. The van der Waals surface area contributed by atoms with E-state index in [2.05, 4.69) is 58.5 Å². The lowest BCUT2D eigenvalue weighted by molar-refractivity contribution is 1.22. The maximum atomic E-state index is 4.63. The zero-order valence-corrected chi connectivity index (χ0v) is 14.3. The first kappa shape index (κ1) is 16.0. The third-order valence-corrected chi connectivity index (χ3v) is 4.22. The van der Waals surface area contributed by atoms with Crippen LogP contribution in [0.2, 0.25) is 0 Å². The van der Waals surface area contributed by atoms with E-state index in [0.717, 1.165) is 33.7 Å². The highest BCUT2D eigenvalue weighted by Gasteiger charge is 2.17. The molecule has 0 fully saturated rings. The van der Waals surface area contributed by atoms with Crippen LogP contribution in [-0.2, 0) is 0 Å². The van der Waals surface area contributed by atoms with Crippen LogP contribution in [0.5, 0.6) is 0 Å². The Balaban J connectivity index is 2.09. The first-order valence-corrected chi connectivity index (χ1v) is 8.61. The molecule has 0 atom stereocenters. The molecular weight excluding hydrogens is 316 g/mol. The Morgan fingerprint density at radius 3 is 1.23 bits per heavy atom. The van der Waals surface area contributed by atoms with E-state index in [4.69, 9.17) is 0 Å². The van der Waals surface area contributed by atoms with Gasteiger partial charge < -0.3 is 0 Å². The fourth-order valence-corrected chi connectivity index (χ4v) is 3.07. The van der Waals surface area contributed by atoms with Gasteiger partial charge in [0.2, 0.25) is 0 Å². The predicted molar refractivity (Wildman–Crippen MR) is 106 cm³/mol. The van der Waals surface area contributed by atoms with Crippen LogP contribution in [0.1, 0.15) is 22.5 Å². The Labute approximate surface area is 153 Å². The molecule has 0 N–H and O–H groups in total. The molecule has 0 aliphatic rings. The highest BCUT2D eigenvalue weighted by atomic mass is 14.7. The van der Waals surface area contributed by atoms with Crippen LogP contribution in [0, 0.1) is 0 Å². The van der Waals surface area contributed by atoms with Gasteiger partial charge in [-0.05, 0) is 35.4 Å². The fourth-order valence-electron chi connectivity index (χ4n) is 3.07. The standard InChI is InChI=1S/C24H18N2/c1-3-11-19(12-4-1)23(20-13-5-2-6-14-20)24(21-15-7-9-17-25-21)22-16-8-10-18-26-22/h1-18H. The van der Waals surface area contributed by atoms with Crippen LogP contribution in [0.4, 0.5) is 0 Å². The van der Waals surface area contributed by atoms with E-state index in [9.17, 15) is 0 Å². The average Bonchev–Trinajstić information content (AvgIpc) is 2.74. The minimum absolute atomic E-state index is 0.911. The minimum Gasteiger partial charge on any atom is -0.256 e. The molecule has 2 aromatic carbocycles. The summed E-state index contributed by atoms with van der Waals surface area (Å²) >= 11 is 0. The number of benzene rings is 2. The minimum atomic E-state index is 0.911. The van der Waals surface area contributed by atoms with Crippen molar-refractivity contribution in [3.8, 4) is 0 Å². The molecule has 0 unspecified atom stereocenters. The number of hydrogen-bond acceptors (Lipinski definition) is 2. The monoisotopic (exact) mass is 334 g/mol. The molecule has 0 bridgehead atoms. The lowest BCUT2D eigenvalue weighted by atomic mass is 9.89. The molecule has 2 heterocycles. The van der Waals surface area contributed by atoms with Crippen molar-refractivity contribution >= 4 is 11.1 Å². The Bertz CT molecular complexity index is 825. The molecule has 0 aliphatic heterocycles. The molecule has 0 saturated heterocycles. The molecule has 0 radical (unpaired) electrons. The van der Waals surface area contributed by atoms with E-state index in [0.29, 0.717) is 0 Å². The SMILES string of the molecule is c1ccc(C(=C(c2ccccn2)c2ccccn2)c2ccccc2)cc1. The number of nitrogens with zero attached hydrogens (tertiary/aromatic N) is 2. The number of hydrogen-bond donors (Lipinski definition) is 0. The lowest BCUT2D eigenvalue weighted by Gasteiger charge is -2.16. The molecular formula is C24H18N2. The van der Waals surface area contributed by atoms with Gasteiger partial charge in [-0.3, -0.25) is 9.97 Å². The molecule has 124 valence electrons. The Hall–Kier alpha value is -3.52. The normalized spacial score (nSPS) is 10.3. The van der Waals surface area contributed by atoms with Gasteiger partial charge in [0.1, 0.15) is 0 Å². The fraction of sp³-hybridized carbons (Fsp3) is 0. The van der Waals surface area contributed by atoms with E-state index >= 15 is 0 Å². The number of rotatable bonds is 4. The summed E-state index contributed by atoms with van der Waals surface area (Å²) in [5.74, 6) is 0. The van der Waals surface area contributed by atoms with E-state index in [-0.39, 0.29) is 0 Å². The van der Waals surface area contributed by atoms with Gasteiger partial charge in [-0.25, -0.2) is 0 Å². The third kappa shape index (κ3) is 3.31. The molecule has 0 aliphatic carbocycles. The lowest BCUT2D eigenvalue weighted by Crippen LogP contribution is -2.00. The topological polar surface area (TPSA) is 25.8 Å². The maximum Gasteiger partial charge on any atom is 0.0730 e. The molecule has 2 heteroatoms. The van der Waals surface area contributed by atoms with Gasteiger partial charge in [-0.15, -0.1) is 0 Å². The molecule has 0 spiro atoms. The van der Waals surface area contributed by atoms with Crippen molar-refractivity contribution in [3.63, 3.8) is 0 Å². The Morgan fingerprint density at radius 1 is 0.423 bits per heavy atom. The van der Waals surface area contributed by atoms with Gasteiger partial charge in [0.25, 0.3) is 0 Å². The second-order valence-electron chi connectivity index (χ2n) is 5.91. The van der Waals surface area contributed by atoms with Crippen molar-refractivity contribution < 1.29 is 0 Å². The smallest absolute Gasteiger partial charge is 0.0730 e. The molecule has 2 nitrogen and oxygen atoms in total. The van der Waals surface area contributed by atoms with Crippen molar-refractivity contribution in [2.45, 2.75) is 0 Å². The van der Waals surface area contributed by atoms with Crippen LogP contribution in [0.3, 0.4) is 0 Å². The van der Waals surface area contributed by atoms with E-state index < -0.39 is 0 Å². The van der Waals surface area contributed by atoms with E-state index in [1.807, 2.05) is 60.9 Å². The van der Waals surface area contributed by atoms with Crippen LogP contribution < -0.4 is 0 Å². The Morgan fingerprint density at radius 2 is 0.846 bits per heavy atom. The molecule has 0 saturated carbocycles. The van der Waals surface area contributed by atoms with Gasteiger partial charge in [0, 0.05) is 23.5 Å². The first-order chi connectivity index (χ1) is 12.9. The first-order valence-electron chi connectivity index (χ1n) is 8.61. The second kappa shape index (κ2) is 7.58. The summed E-state index contributed by atoms with van der Waals surface area (Å²) in [6, 6.07) is 32.8. The number of aromatic nitrogens is 2. The summed E-state index contributed by atoms with van der Waals surface area (Å²) in [5.41, 5.74) is 6.27. The highest BCUT2D eigenvalue weighted by molar-refractivity contribution is 6.03. The summed E-state index contributed by atoms with van der Waals surface area (Å²) in [6.07, 6.45) is 3.65. The van der Waals surface area contributed by atoms with Crippen molar-refractivity contribution in [1.82, 2.24) is 9.97 Å². The summed E-state index contributed by atoms with van der Waals surface area (Å²) in [7, 11) is 0. The summed E-state index contributed by atoms with van der Waals surface area (Å²) < 4.78 is 0. The van der Waals surface area contributed by atoms with E-state index in [1.54, 1.807) is 0 Å². The summed E-state index contributed by atoms with van der Waals surface area (Å²) in [5, 5.41) is 0. The van der Waals surface area contributed by atoms with Crippen LogP contribution in [-0.4, -0.2) is 9.97 Å². The van der Waals surface area contributed by atoms with Crippen LogP contribution in [0.25, 0.3) is 11.1 Å². The summed E-state index contributed by atoms with van der Waals surface area (Å²) in [6.45, 7) is 0. The molecule has 4 aromatic rings. The zero-order chi connectivity index (χ0) is 17.6. The van der Waals surface area contributed by atoms with Gasteiger partial charge in [-0.2, -0.15) is 0 Å².